The van der Waals surface area contributed by atoms with Gasteiger partial charge in [0.1, 0.15) is 10.8 Å². The molecule has 0 aliphatic rings. The molecule has 0 radical (unpaired) electrons. The number of carbonyl (C=O) groups excluding carboxylic acids is 1. The van der Waals surface area contributed by atoms with Crippen LogP contribution in [0.5, 0.6) is 5.75 Å². The monoisotopic (exact) mass is 400 g/mol. The average Bonchev–Trinajstić information content (AvgIpc) is 3.12. The highest BCUT2D eigenvalue weighted by Crippen LogP contribution is 2.25. The van der Waals surface area contributed by atoms with E-state index in [-0.39, 0.29) is 12.5 Å². The zero-order valence-corrected chi connectivity index (χ0v) is 16.9. The van der Waals surface area contributed by atoms with Gasteiger partial charge in [-0.2, -0.15) is 0 Å². The van der Waals surface area contributed by atoms with Crippen molar-refractivity contribution in [2.75, 3.05) is 13.2 Å². The number of nitrogens with one attached hydrogen (secondary N) is 1. The maximum Gasteiger partial charge on any atom is 0.257 e. The van der Waals surface area contributed by atoms with E-state index in [0.717, 1.165) is 33.1 Å². The maximum atomic E-state index is 12.0. The average molecular weight is 401 g/mol. The molecule has 6 heteroatoms. The van der Waals surface area contributed by atoms with Crippen molar-refractivity contribution in [3.8, 4) is 16.3 Å². The lowest BCUT2D eigenvalue weighted by Crippen LogP contribution is -2.30. The zero-order valence-electron chi connectivity index (χ0n) is 15.3. The number of nitrogens with zero attached hydrogens (tertiary/aromatic N) is 1. The van der Waals surface area contributed by atoms with Gasteiger partial charge >= 0.3 is 0 Å². The van der Waals surface area contributed by atoms with E-state index in [1.165, 1.54) is 0 Å². The molecule has 0 saturated heterocycles. The quantitative estimate of drug-likeness (QED) is 0.618. The Bertz CT molecular complexity index is 922. The van der Waals surface area contributed by atoms with Crippen LogP contribution in [0.1, 0.15) is 16.8 Å². The number of hydrogen-bond acceptors (Lipinski definition) is 4. The molecule has 3 rings (SSSR count). The molecule has 1 N–H and O–H groups in total. The fourth-order valence-electron chi connectivity index (χ4n) is 2.55. The molecule has 27 heavy (non-hydrogen) atoms. The molecule has 1 amide bonds. The van der Waals surface area contributed by atoms with E-state index >= 15 is 0 Å². The number of halogens is 1. The number of amides is 1. The van der Waals surface area contributed by atoms with Crippen molar-refractivity contribution in [2.45, 2.75) is 20.3 Å². The number of ether oxygens (including phenoxy) is 1. The summed E-state index contributed by atoms with van der Waals surface area (Å²) >= 11 is 7.50. The molecule has 3 aromatic rings. The second-order valence-corrected chi connectivity index (χ2v) is 7.53. The van der Waals surface area contributed by atoms with E-state index in [0.29, 0.717) is 18.0 Å². The van der Waals surface area contributed by atoms with Crippen molar-refractivity contribution in [3.63, 3.8) is 0 Å². The first-order chi connectivity index (χ1) is 13.0. The minimum Gasteiger partial charge on any atom is -0.483 e. The van der Waals surface area contributed by atoms with Crippen LogP contribution in [0.25, 0.3) is 10.6 Å². The van der Waals surface area contributed by atoms with Gasteiger partial charge in [0.15, 0.2) is 6.61 Å². The molecular formula is C21H21ClN2O2S. The Morgan fingerprint density at radius 2 is 1.96 bits per heavy atom. The summed E-state index contributed by atoms with van der Waals surface area (Å²) in [7, 11) is 0. The normalized spacial score (nSPS) is 10.6. The maximum absolute atomic E-state index is 12.0. The van der Waals surface area contributed by atoms with Gasteiger partial charge in [-0.05, 0) is 43.2 Å². The number of aromatic nitrogens is 1. The Morgan fingerprint density at radius 1 is 1.19 bits per heavy atom. The first-order valence-corrected chi connectivity index (χ1v) is 9.95. The second-order valence-electron chi connectivity index (χ2n) is 6.24. The summed E-state index contributed by atoms with van der Waals surface area (Å²) < 4.78 is 5.62. The van der Waals surface area contributed by atoms with E-state index in [1.54, 1.807) is 11.3 Å². The molecule has 0 atom stereocenters. The van der Waals surface area contributed by atoms with Crippen LogP contribution in [0.4, 0.5) is 0 Å². The van der Waals surface area contributed by atoms with Crippen molar-refractivity contribution in [1.82, 2.24) is 10.3 Å². The third-order valence-corrected chi connectivity index (χ3v) is 5.45. The smallest absolute Gasteiger partial charge is 0.257 e. The molecule has 0 saturated carbocycles. The van der Waals surface area contributed by atoms with E-state index in [2.05, 4.69) is 10.3 Å². The summed E-state index contributed by atoms with van der Waals surface area (Å²) in [4.78, 5) is 16.6. The van der Waals surface area contributed by atoms with Gasteiger partial charge in [-0.15, -0.1) is 11.3 Å². The summed E-state index contributed by atoms with van der Waals surface area (Å²) in [6.45, 7) is 4.55. The number of carbonyl (C=O) groups is 1. The SMILES string of the molecule is Cc1cccc(OCC(=O)NCCc2csc(-c3ccc(Cl)cc3)n2)c1C. The summed E-state index contributed by atoms with van der Waals surface area (Å²) in [6, 6.07) is 13.4. The lowest BCUT2D eigenvalue weighted by atomic mass is 10.1. The summed E-state index contributed by atoms with van der Waals surface area (Å²) in [5, 5.41) is 6.55. The fraction of sp³-hybridized carbons (Fsp3) is 0.238. The molecule has 140 valence electrons. The van der Waals surface area contributed by atoms with Crippen LogP contribution in [-0.2, 0) is 11.2 Å². The number of aryl methyl sites for hydroxylation is 1. The largest absolute Gasteiger partial charge is 0.483 e. The lowest BCUT2D eigenvalue weighted by molar-refractivity contribution is -0.123. The van der Waals surface area contributed by atoms with Crippen LogP contribution >= 0.6 is 22.9 Å². The van der Waals surface area contributed by atoms with Crippen LogP contribution in [0.2, 0.25) is 5.02 Å². The lowest BCUT2D eigenvalue weighted by Gasteiger charge is -2.10. The first kappa shape index (κ1) is 19.4. The molecule has 0 aliphatic carbocycles. The highest BCUT2D eigenvalue weighted by molar-refractivity contribution is 7.13. The Morgan fingerprint density at radius 3 is 2.74 bits per heavy atom. The third-order valence-electron chi connectivity index (χ3n) is 4.26. The van der Waals surface area contributed by atoms with Crippen molar-refractivity contribution in [3.05, 3.63) is 69.7 Å². The van der Waals surface area contributed by atoms with Crippen molar-refractivity contribution in [2.24, 2.45) is 0 Å². The van der Waals surface area contributed by atoms with Crippen LogP contribution in [0.3, 0.4) is 0 Å². The van der Waals surface area contributed by atoms with Crippen molar-refractivity contribution >= 4 is 28.8 Å². The Hall–Kier alpha value is -2.37. The van der Waals surface area contributed by atoms with Gasteiger partial charge in [-0.3, -0.25) is 4.79 Å². The number of thiazole rings is 1. The van der Waals surface area contributed by atoms with Gasteiger partial charge in [0.05, 0.1) is 5.69 Å². The van der Waals surface area contributed by atoms with E-state index < -0.39 is 0 Å². The van der Waals surface area contributed by atoms with Gasteiger partial charge < -0.3 is 10.1 Å². The van der Waals surface area contributed by atoms with Crippen LogP contribution < -0.4 is 10.1 Å². The summed E-state index contributed by atoms with van der Waals surface area (Å²) in [6.07, 6.45) is 0.680. The molecule has 0 fully saturated rings. The Labute approximate surface area is 168 Å². The predicted molar refractivity (Wildman–Crippen MR) is 111 cm³/mol. The van der Waals surface area contributed by atoms with Gasteiger partial charge in [0.2, 0.25) is 0 Å². The van der Waals surface area contributed by atoms with Crippen molar-refractivity contribution in [1.29, 1.82) is 0 Å². The molecule has 0 bridgehead atoms. The topological polar surface area (TPSA) is 51.2 Å². The molecule has 1 aromatic heterocycles. The molecular weight excluding hydrogens is 380 g/mol. The van der Waals surface area contributed by atoms with Crippen LogP contribution in [-0.4, -0.2) is 24.0 Å². The molecule has 0 unspecified atom stereocenters. The second kappa shape index (κ2) is 9.02. The Balaban J connectivity index is 1.45. The van der Waals surface area contributed by atoms with Gasteiger partial charge in [0, 0.05) is 28.9 Å². The fourth-order valence-corrected chi connectivity index (χ4v) is 3.54. The van der Waals surface area contributed by atoms with Crippen molar-refractivity contribution < 1.29 is 9.53 Å². The standard InChI is InChI=1S/C21H21ClN2O2S/c1-14-4-3-5-19(15(14)2)26-12-20(25)23-11-10-18-13-27-21(24-18)16-6-8-17(22)9-7-16/h3-9,13H,10-12H2,1-2H3,(H,23,25). The highest BCUT2D eigenvalue weighted by atomic mass is 35.5. The minimum absolute atomic E-state index is 0.0113. The molecule has 0 aliphatic heterocycles. The van der Waals surface area contributed by atoms with Crippen LogP contribution in [0.15, 0.2) is 47.8 Å². The van der Waals surface area contributed by atoms with Crippen LogP contribution in [0, 0.1) is 13.8 Å². The van der Waals surface area contributed by atoms with Gasteiger partial charge in [-0.25, -0.2) is 4.98 Å². The zero-order chi connectivity index (χ0) is 19.2. The molecule has 2 aromatic carbocycles. The number of hydrogen-bond donors (Lipinski definition) is 1. The molecule has 4 nitrogen and oxygen atoms in total. The number of rotatable bonds is 7. The molecule has 0 spiro atoms. The van der Waals surface area contributed by atoms with Gasteiger partial charge in [0.25, 0.3) is 5.91 Å². The van der Waals surface area contributed by atoms with E-state index in [4.69, 9.17) is 16.3 Å². The van der Waals surface area contributed by atoms with E-state index in [9.17, 15) is 4.79 Å². The minimum atomic E-state index is -0.135. The summed E-state index contributed by atoms with van der Waals surface area (Å²) in [5.74, 6) is 0.612. The Kier molecular flexibility index (Phi) is 6.48. The predicted octanol–water partition coefficient (Wildman–Crippen LogP) is 4.82. The first-order valence-electron chi connectivity index (χ1n) is 8.69. The molecule has 1 heterocycles. The number of benzene rings is 2. The highest BCUT2D eigenvalue weighted by Gasteiger charge is 2.08. The van der Waals surface area contributed by atoms with Gasteiger partial charge in [-0.1, -0.05) is 35.9 Å². The third kappa shape index (κ3) is 5.31. The van der Waals surface area contributed by atoms with E-state index in [1.807, 2.05) is 61.7 Å². The summed E-state index contributed by atoms with van der Waals surface area (Å²) in [5.41, 5.74) is 4.21.